The number of rotatable bonds is 1. The van der Waals surface area contributed by atoms with Crippen molar-refractivity contribution in [3.05, 3.63) is 6.43 Å². The molecule has 1 N–H and O–H groups in total. The number of Topliss-reactive ketones (excluding diaryl/α,β-unsaturated/α-hetero) is 1. The first kappa shape index (κ1) is 22.5. The first-order valence-corrected chi connectivity index (χ1v) is 3.06. The zero-order valence-electron chi connectivity index (χ0n) is 8.01. The fourth-order valence-electron chi connectivity index (χ4n) is 0. The van der Waals surface area contributed by atoms with Crippen LogP contribution in [-0.4, -0.2) is 23.8 Å². The maximum absolute atomic E-state index is 10.4. The van der Waals surface area contributed by atoms with E-state index in [0.29, 0.717) is 0 Å². The summed E-state index contributed by atoms with van der Waals surface area (Å²) in [4.78, 5) is 18.2. The van der Waals surface area contributed by atoms with E-state index in [1.165, 1.54) is 20.8 Å². The van der Waals surface area contributed by atoms with Gasteiger partial charge in [-0.1, -0.05) is 0 Å². The average molecular weight is 450 g/mol. The zero-order chi connectivity index (χ0) is 10.6. The summed E-state index contributed by atoms with van der Waals surface area (Å²) in [7, 11) is 0. The molecule has 0 amide bonds. The summed E-state index contributed by atoms with van der Waals surface area (Å²) in [6.45, 7) is 3.39. The molecule has 0 aliphatic rings. The third-order valence-corrected chi connectivity index (χ3v) is 0.120. The Balaban J connectivity index is -0.0000000465. The van der Waals surface area contributed by atoms with Gasteiger partial charge in [-0.3, -0.25) is 0 Å². The molecular weight excluding hydrogens is 437 g/mol. The Kier molecular flexibility index (Phi) is 38.8. The molecule has 0 aromatic carbocycles. The van der Waals surface area contributed by atoms with Crippen LogP contribution in [0.1, 0.15) is 20.8 Å². The minimum Gasteiger partial charge on any atom is -0.423 e. The molecule has 3 nitrogen and oxygen atoms in total. The molecule has 0 atom stereocenters. The van der Waals surface area contributed by atoms with E-state index >= 15 is 0 Å². The van der Waals surface area contributed by atoms with E-state index in [2.05, 4.69) is 0 Å². The maximum Gasteiger partial charge on any atom is 0.126 e. The number of hydrogen-bond donors (Lipinski definition) is 1. The van der Waals surface area contributed by atoms with Crippen molar-refractivity contribution in [2.45, 2.75) is 20.8 Å². The predicted octanol–water partition coefficient (Wildman–Crippen LogP) is 1.21. The Bertz CT molecular complexity index is 106. The fraction of sp³-hybridized carbons (Fsp3) is 0.571. The number of carbonyl (C=O) groups is 2. The number of aliphatic hydroxyl groups excluding tert-OH is 1. The van der Waals surface area contributed by atoms with Crippen LogP contribution < -0.4 is 0 Å². The summed E-state index contributed by atoms with van der Waals surface area (Å²) in [5, 5.41) is 7.36. The molecule has 0 aliphatic carbocycles. The molecule has 0 heterocycles. The molecule has 0 spiro atoms. The minimum atomic E-state index is -1.94. The van der Waals surface area contributed by atoms with Crippen LogP contribution in [0.3, 0.4) is 0 Å². The molecule has 0 bridgehead atoms. The maximum atomic E-state index is 10.4. The largest absolute Gasteiger partial charge is 0.423 e. The zero-order valence-corrected chi connectivity index (χ0v) is 14.4. The summed E-state index contributed by atoms with van der Waals surface area (Å²) in [6, 6.07) is 0. The first-order valence-electron chi connectivity index (χ1n) is 3.06. The molecule has 0 aromatic heterocycles. The average Bonchev–Trinajstić information content (AvgIpc) is 1.88. The SMILES string of the molecule is CC(C)=O.CC=O.OC[C-](F)F.[Rf]. The van der Waals surface area contributed by atoms with Crippen molar-refractivity contribution in [2.24, 2.45) is 0 Å². The topological polar surface area (TPSA) is 54.4 Å². The third kappa shape index (κ3) is 26400. The van der Waals surface area contributed by atoms with Gasteiger partial charge in [-0.2, -0.15) is 0 Å². The number of aliphatic hydroxyl groups is 1. The standard InChI is InChI=1S/C3H6O.C2H3F2O.C2H4O.Rf/c1-3(2)4;3-2(4)1-5;1-2-3;/h1-2H3;5H,1H2;2H,1H3;/q;-1;;. The van der Waals surface area contributed by atoms with Crippen LogP contribution in [0.2, 0.25) is 0 Å². The van der Waals surface area contributed by atoms with Gasteiger partial charge in [0.2, 0.25) is 0 Å². The molecule has 0 saturated heterocycles. The molecule has 0 radical (unpaired) electrons. The molecule has 0 aliphatic heterocycles. The van der Waals surface area contributed by atoms with Gasteiger partial charge < -0.3 is 23.5 Å². The summed E-state index contributed by atoms with van der Waals surface area (Å²) in [5.74, 6) is 0.167. The van der Waals surface area contributed by atoms with Crippen molar-refractivity contribution in [3.8, 4) is 0 Å². The minimum absolute atomic E-state index is 0. The van der Waals surface area contributed by atoms with Crippen molar-refractivity contribution in [1.82, 2.24) is 0 Å². The van der Waals surface area contributed by atoms with Crippen LogP contribution in [0, 0.1) is 6.43 Å². The monoisotopic (exact) mass is 450 g/mol. The Morgan fingerprint density at radius 2 is 1.54 bits per heavy atom. The Morgan fingerprint density at radius 3 is 1.54 bits per heavy atom. The second-order valence-electron chi connectivity index (χ2n) is 1.64. The summed E-state index contributed by atoms with van der Waals surface area (Å²) in [6.07, 6.45) is -1.19. The van der Waals surface area contributed by atoms with Gasteiger partial charge in [0.25, 0.3) is 0 Å². The fourth-order valence-corrected chi connectivity index (χ4v) is 0. The van der Waals surface area contributed by atoms with E-state index < -0.39 is 13.0 Å². The summed E-state index contributed by atoms with van der Waals surface area (Å²) >= 11 is 0. The van der Waals surface area contributed by atoms with E-state index in [1.54, 1.807) is 0 Å². The molecule has 0 fully saturated rings. The molecule has 0 saturated carbocycles. The molecular formula is C7H13F2O3Rf-. The number of hydrogen-bond acceptors (Lipinski definition) is 3. The van der Waals surface area contributed by atoms with Crippen LogP contribution >= 0.6 is 0 Å². The molecule has 0 unspecified atom stereocenters. The second-order valence-corrected chi connectivity index (χ2v) is 1.64. The summed E-state index contributed by atoms with van der Waals surface area (Å²) in [5.41, 5.74) is 0. The van der Waals surface area contributed by atoms with Crippen LogP contribution in [0.25, 0.3) is 0 Å². The molecule has 6 heteroatoms. The first-order chi connectivity index (χ1) is 5.42. The van der Waals surface area contributed by atoms with Crippen molar-refractivity contribution >= 4 is 12.1 Å². The van der Waals surface area contributed by atoms with Gasteiger partial charge in [-0.05, 0) is 27.4 Å². The van der Waals surface area contributed by atoms with Gasteiger partial charge in [0.1, 0.15) is 12.1 Å². The number of halogens is 2. The van der Waals surface area contributed by atoms with Gasteiger partial charge in [-0.15, -0.1) is 0 Å². The Labute approximate surface area is 70.4 Å². The van der Waals surface area contributed by atoms with Gasteiger partial charge in [0.15, 0.2) is 0 Å². The second kappa shape index (κ2) is 22.5. The van der Waals surface area contributed by atoms with Crippen LogP contribution in [-0.2, 0) is 9.59 Å². The summed E-state index contributed by atoms with van der Waals surface area (Å²) < 4.78 is 20.9. The van der Waals surface area contributed by atoms with Crippen LogP contribution in [0.5, 0.6) is 0 Å². The van der Waals surface area contributed by atoms with Crippen LogP contribution in [0.4, 0.5) is 8.78 Å². The quantitative estimate of drug-likeness (QED) is 0.483. The van der Waals surface area contributed by atoms with Crippen LogP contribution in [0.15, 0.2) is 0 Å². The van der Waals surface area contributed by atoms with Crippen molar-refractivity contribution in [2.75, 3.05) is 6.61 Å². The van der Waals surface area contributed by atoms with E-state index in [0.717, 1.165) is 6.29 Å². The predicted molar refractivity (Wildman–Crippen MR) is 40.6 cm³/mol. The Morgan fingerprint density at radius 1 is 1.46 bits per heavy atom. The Hall–Kier alpha value is -1.84. The number of carbonyl (C=O) groups excluding carboxylic acids is 2. The third-order valence-electron chi connectivity index (χ3n) is 0.120. The van der Waals surface area contributed by atoms with E-state index in [-0.39, 0.29) is 5.78 Å². The number of aldehydes is 1. The van der Waals surface area contributed by atoms with Crippen molar-refractivity contribution < 1.29 is 23.5 Å². The normalized spacial score (nSPS) is 6.69. The number of ketones is 1. The van der Waals surface area contributed by atoms with Gasteiger partial charge in [0.05, 0.1) is 0 Å². The van der Waals surface area contributed by atoms with E-state index in [9.17, 15) is 13.6 Å². The smallest absolute Gasteiger partial charge is 0.126 e. The molecule has 76 valence electrons. The van der Waals surface area contributed by atoms with Crippen molar-refractivity contribution in [3.63, 3.8) is 0 Å². The molecule has 13 heavy (non-hydrogen) atoms. The van der Waals surface area contributed by atoms with Crippen molar-refractivity contribution in [1.29, 1.82) is 0 Å². The molecule has 0 aromatic rings. The van der Waals surface area contributed by atoms with E-state index in [1.807, 2.05) is 0 Å². The molecule has 0 rings (SSSR count). The van der Waals surface area contributed by atoms with Gasteiger partial charge >= 0.3 is 0 Å². The van der Waals surface area contributed by atoms with Gasteiger partial charge in [-0.25, -0.2) is 0 Å². The van der Waals surface area contributed by atoms with E-state index in [4.69, 9.17) is 9.90 Å². The van der Waals surface area contributed by atoms with Gasteiger partial charge in [0, 0.05) is 6.43 Å².